The molecule has 2 aromatic rings. The Bertz CT molecular complexity index is 1050. The molecule has 3 aliphatic rings. The fourth-order valence-electron chi connectivity index (χ4n) is 5.35. The van der Waals surface area contributed by atoms with Gasteiger partial charge in [0.05, 0.1) is 11.8 Å². The molecule has 2 saturated heterocycles. The van der Waals surface area contributed by atoms with Crippen LogP contribution in [0.25, 0.3) is 11.3 Å². The largest absolute Gasteiger partial charge is 0.377 e. The summed E-state index contributed by atoms with van der Waals surface area (Å²) in [5.74, 6) is 0.699. The Kier molecular flexibility index (Phi) is 5.85. The number of ether oxygens (including phenoxy) is 1. The summed E-state index contributed by atoms with van der Waals surface area (Å²) < 4.78 is 37.1. The number of hydrogen-bond acceptors (Lipinski definition) is 6. The quantitative estimate of drug-likeness (QED) is 0.696. The Morgan fingerprint density at radius 1 is 1.21 bits per heavy atom. The first-order valence-electron chi connectivity index (χ1n) is 12.8. The molecule has 0 radical (unpaired) electrons. The van der Waals surface area contributed by atoms with Crippen LogP contribution in [0.3, 0.4) is 0 Å². The fourth-order valence-corrected chi connectivity index (χ4v) is 5.35. The molecule has 2 aliphatic heterocycles. The monoisotopic (exact) mass is 455 g/mol. The van der Waals surface area contributed by atoms with Gasteiger partial charge in [0, 0.05) is 53.2 Å². The molecule has 2 N–H and O–H groups in total. The molecule has 33 heavy (non-hydrogen) atoms. The first kappa shape index (κ1) is 19.9. The molecule has 4 atom stereocenters. The van der Waals surface area contributed by atoms with Crippen molar-refractivity contribution in [2.45, 2.75) is 44.2 Å². The van der Waals surface area contributed by atoms with E-state index in [0.717, 1.165) is 45.2 Å². The van der Waals surface area contributed by atoms with Gasteiger partial charge in [-0.2, -0.15) is 0 Å². The minimum atomic E-state index is -1.41. The predicted octanol–water partition coefficient (Wildman–Crippen LogP) is 3.33. The number of fused-ring (bicyclic) bond motifs is 1. The van der Waals surface area contributed by atoms with Gasteiger partial charge in [-0.15, -0.1) is 10.2 Å². The molecule has 1 unspecified atom stereocenters. The number of amides is 1. The van der Waals surface area contributed by atoms with Crippen LogP contribution in [0.5, 0.6) is 0 Å². The minimum absolute atomic E-state index is 0.234. The normalized spacial score (nSPS) is 28.7. The number of halogens is 1. The molecular formula is C25H32FN5O2. The highest BCUT2D eigenvalue weighted by Crippen LogP contribution is 2.39. The Morgan fingerprint density at radius 3 is 2.70 bits per heavy atom. The van der Waals surface area contributed by atoms with Crippen molar-refractivity contribution in [3.8, 4) is 11.3 Å². The van der Waals surface area contributed by atoms with Crippen molar-refractivity contribution in [2.24, 2.45) is 11.8 Å². The van der Waals surface area contributed by atoms with Crippen molar-refractivity contribution in [1.29, 1.82) is 0 Å². The Hall–Kier alpha value is -2.58. The molecule has 5 rings (SSSR count). The van der Waals surface area contributed by atoms with E-state index in [4.69, 9.17) is 7.48 Å². The molecule has 0 bridgehead atoms. The van der Waals surface area contributed by atoms with Crippen LogP contribution in [0.15, 0.2) is 30.3 Å². The topological polar surface area (TPSA) is 79.4 Å². The summed E-state index contributed by atoms with van der Waals surface area (Å²) in [6.45, 7) is 0.760. The second-order valence-corrected chi connectivity index (χ2v) is 9.33. The van der Waals surface area contributed by atoms with Gasteiger partial charge in [0.1, 0.15) is 11.6 Å². The molecule has 7 nitrogen and oxygen atoms in total. The number of likely N-dealkylation sites (tertiary alicyclic amines) is 1. The van der Waals surface area contributed by atoms with Gasteiger partial charge in [-0.25, -0.2) is 4.39 Å². The highest BCUT2D eigenvalue weighted by molar-refractivity contribution is 5.95. The number of hydrogen-bond donors (Lipinski definition) is 2. The first-order chi connectivity index (χ1) is 16.8. The number of nitrogens with zero attached hydrogens (tertiary/aromatic N) is 3. The second kappa shape index (κ2) is 9.73. The van der Waals surface area contributed by atoms with Crippen molar-refractivity contribution in [1.82, 2.24) is 20.4 Å². The molecule has 0 spiro atoms. The number of aromatic nitrogens is 2. The third-order valence-electron chi connectivity index (χ3n) is 6.96. The van der Waals surface area contributed by atoms with Crippen LogP contribution in [-0.4, -0.2) is 66.4 Å². The van der Waals surface area contributed by atoms with Crippen LogP contribution in [0, 0.1) is 17.7 Å². The third-order valence-corrected chi connectivity index (χ3v) is 6.96. The van der Waals surface area contributed by atoms with Crippen molar-refractivity contribution < 1.29 is 16.7 Å². The van der Waals surface area contributed by atoms with E-state index in [-0.39, 0.29) is 23.6 Å². The van der Waals surface area contributed by atoms with Gasteiger partial charge in [-0.1, -0.05) is 0 Å². The van der Waals surface area contributed by atoms with E-state index in [2.05, 4.69) is 20.8 Å². The van der Waals surface area contributed by atoms with E-state index in [1.807, 2.05) is 11.0 Å². The van der Waals surface area contributed by atoms with E-state index in [1.54, 1.807) is 12.1 Å². The number of carbonyl (C=O) groups is 1. The van der Waals surface area contributed by atoms with E-state index >= 15 is 0 Å². The summed E-state index contributed by atoms with van der Waals surface area (Å²) in [6, 6.07) is 7.99. The highest BCUT2D eigenvalue weighted by atomic mass is 19.1. The van der Waals surface area contributed by atoms with Gasteiger partial charge in [0.2, 0.25) is 0 Å². The molecule has 8 heteroatoms. The predicted molar refractivity (Wildman–Crippen MR) is 124 cm³/mol. The van der Waals surface area contributed by atoms with Gasteiger partial charge in [-0.05, 0) is 74.3 Å². The first-order valence-corrected chi connectivity index (χ1v) is 11.8. The molecule has 1 aliphatic carbocycles. The third kappa shape index (κ3) is 5.17. The molecule has 1 saturated carbocycles. The number of anilines is 1. The molecule has 1 aromatic heterocycles. The second-order valence-electron chi connectivity index (χ2n) is 9.33. The molecule has 176 valence electrons. The zero-order chi connectivity index (χ0) is 24.6. The van der Waals surface area contributed by atoms with E-state index < -0.39 is 12.3 Å². The standard InChI is InChI=1S/C25H32FN5O2/c1-27-25(32)17-8-16(9-20(26)10-17)23-5-6-24(30-29-23)28-21-11-18-13-31(14-19(18)12-21)15-22-4-2-3-7-33-22/h5-6,8-10,18-19,21-22H,2-4,7,11-15H2,1H3,(H,27,32)(H,28,30)/t18-,19+,21?,22-/m1/s1/i15D2. The van der Waals surface area contributed by atoms with Crippen molar-refractivity contribution in [3.63, 3.8) is 0 Å². The van der Waals surface area contributed by atoms with E-state index in [0.29, 0.717) is 35.5 Å². The van der Waals surface area contributed by atoms with Gasteiger partial charge >= 0.3 is 0 Å². The van der Waals surface area contributed by atoms with Gasteiger partial charge in [-0.3, -0.25) is 4.79 Å². The van der Waals surface area contributed by atoms with Crippen molar-refractivity contribution >= 4 is 11.7 Å². The van der Waals surface area contributed by atoms with E-state index in [9.17, 15) is 9.18 Å². The minimum Gasteiger partial charge on any atom is -0.377 e. The summed E-state index contributed by atoms with van der Waals surface area (Å²) in [5.41, 5.74) is 1.22. The Balaban J connectivity index is 1.18. The summed E-state index contributed by atoms with van der Waals surface area (Å²) in [7, 11) is 1.50. The van der Waals surface area contributed by atoms with Crippen LogP contribution >= 0.6 is 0 Å². The molecular weight excluding hydrogens is 421 g/mol. The summed E-state index contributed by atoms with van der Waals surface area (Å²) >= 11 is 0. The molecule has 1 amide bonds. The lowest BCUT2D eigenvalue weighted by atomic mass is 10.0. The number of nitrogens with one attached hydrogen (secondary N) is 2. The maximum Gasteiger partial charge on any atom is 0.251 e. The number of carbonyl (C=O) groups excluding carboxylic acids is 1. The van der Waals surface area contributed by atoms with E-state index in [1.165, 1.54) is 19.2 Å². The van der Waals surface area contributed by atoms with Crippen LogP contribution in [0.4, 0.5) is 10.2 Å². The summed E-state index contributed by atoms with van der Waals surface area (Å²) in [6.07, 6.45) is 4.44. The Labute approximate surface area is 196 Å². The van der Waals surface area contributed by atoms with Crippen LogP contribution in [-0.2, 0) is 4.74 Å². The van der Waals surface area contributed by atoms with Gasteiger partial charge < -0.3 is 20.3 Å². The van der Waals surface area contributed by atoms with Crippen molar-refractivity contribution in [2.75, 3.05) is 38.6 Å². The van der Waals surface area contributed by atoms with Gasteiger partial charge in [0.15, 0.2) is 0 Å². The van der Waals surface area contributed by atoms with Gasteiger partial charge in [0.25, 0.3) is 5.91 Å². The lowest BCUT2D eigenvalue weighted by Gasteiger charge is -2.28. The smallest absolute Gasteiger partial charge is 0.251 e. The average molecular weight is 456 g/mol. The number of rotatable bonds is 6. The maximum atomic E-state index is 14.0. The molecule has 3 fully saturated rings. The lowest BCUT2D eigenvalue weighted by molar-refractivity contribution is -0.00303. The number of benzene rings is 1. The fraction of sp³-hybridized carbons (Fsp3) is 0.560. The maximum absolute atomic E-state index is 14.0. The van der Waals surface area contributed by atoms with Crippen molar-refractivity contribution in [3.05, 3.63) is 41.7 Å². The summed E-state index contributed by atoms with van der Waals surface area (Å²) in [5, 5.41) is 14.5. The zero-order valence-electron chi connectivity index (χ0n) is 20.9. The molecule has 3 heterocycles. The average Bonchev–Trinajstić information content (AvgIpc) is 3.43. The highest BCUT2D eigenvalue weighted by Gasteiger charge is 2.41. The SMILES string of the molecule is [2H]C([2H])([C@H]1CCCCO1)N1C[C@H]2CC(Nc3ccc(-c4cc(F)cc(C(=O)NC)c4)nn3)C[C@H]2C1. The van der Waals surface area contributed by atoms with Crippen LogP contribution < -0.4 is 10.6 Å². The summed E-state index contributed by atoms with van der Waals surface area (Å²) in [4.78, 5) is 13.9. The lowest BCUT2D eigenvalue weighted by Crippen LogP contribution is -2.35. The van der Waals surface area contributed by atoms with Crippen LogP contribution in [0.2, 0.25) is 0 Å². The van der Waals surface area contributed by atoms with Crippen LogP contribution in [0.1, 0.15) is 45.2 Å². The zero-order valence-corrected chi connectivity index (χ0v) is 18.9. The molecule has 1 aromatic carbocycles. The Morgan fingerprint density at radius 2 is 2.03 bits per heavy atom.